The number of carboxylic acid groups (broad SMARTS) is 1. The topological polar surface area (TPSA) is 113 Å². The standard InChI is InChI=1S/C23H28N4O5/c1-15-5-9-17(10-6-15)24-21(30)27(32)20-23(3,4)25(14-13-19(28)29)22(31)26(20)18-11-7-16(2)8-12-18/h5-12,20,32H,13-14H2,1-4H3,(H,24,30)(H,28,29). The number of carbonyl (C=O) groups is 3. The van der Waals surface area contributed by atoms with Gasteiger partial charge in [0, 0.05) is 17.9 Å². The van der Waals surface area contributed by atoms with E-state index in [0.717, 1.165) is 11.1 Å². The summed E-state index contributed by atoms with van der Waals surface area (Å²) in [6.07, 6.45) is -1.36. The van der Waals surface area contributed by atoms with Gasteiger partial charge in [-0.3, -0.25) is 14.9 Å². The van der Waals surface area contributed by atoms with Crippen LogP contribution in [-0.4, -0.2) is 56.6 Å². The molecule has 2 aromatic rings. The number of carbonyl (C=O) groups excluding carboxylic acids is 2. The number of carboxylic acids is 1. The van der Waals surface area contributed by atoms with E-state index in [1.165, 1.54) is 9.80 Å². The first-order valence-corrected chi connectivity index (χ1v) is 10.3. The van der Waals surface area contributed by atoms with Crippen molar-refractivity contribution in [3.8, 4) is 0 Å². The van der Waals surface area contributed by atoms with Gasteiger partial charge in [-0.05, 0) is 52.0 Å². The van der Waals surface area contributed by atoms with E-state index in [4.69, 9.17) is 5.11 Å². The number of amides is 4. The molecule has 170 valence electrons. The molecule has 0 radical (unpaired) electrons. The molecule has 0 aliphatic carbocycles. The number of rotatable bonds is 6. The Hall–Kier alpha value is -3.59. The predicted molar refractivity (Wildman–Crippen MR) is 120 cm³/mol. The molecule has 1 saturated heterocycles. The highest BCUT2D eigenvalue weighted by molar-refractivity contribution is 5.98. The van der Waals surface area contributed by atoms with Gasteiger partial charge in [0.05, 0.1) is 12.0 Å². The number of nitrogens with one attached hydrogen (secondary N) is 1. The summed E-state index contributed by atoms with van der Waals surface area (Å²) in [4.78, 5) is 40.1. The fraction of sp³-hybridized carbons (Fsp3) is 0.348. The van der Waals surface area contributed by atoms with E-state index in [9.17, 15) is 19.6 Å². The number of aryl methyl sites for hydroxylation is 2. The first-order chi connectivity index (χ1) is 15.0. The van der Waals surface area contributed by atoms with Crippen molar-refractivity contribution in [3.63, 3.8) is 0 Å². The van der Waals surface area contributed by atoms with Crippen molar-refractivity contribution in [2.45, 2.75) is 45.8 Å². The number of benzene rings is 2. The number of aliphatic carboxylic acids is 1. The number of nitrogens with zero attached hydrogens (tertiary/aromatic N) is 3. The predicted octanol–water partition coefficient (Wildman–Crippen LogP) is 4.05. The third-order valence-corrected chi connectivity index (χ3v) is 5.61. The molecule has 1 aliphatic heterocycles. The third kappa shape index (κ3) is 4.52. The number of urea groups is 2. The second-order valence-corrected chi connectivity index (χ2v) is 8.45. The SMILES string of the molecule is Cc1ccc(NC(=O)N(O)C2N(c3ccc(C)cc3)C(=O)N(CCC(=O)O)C2(C)C)cc1. The quantitative estimate of drug-likeness (QED) is 0.463. The molecule has 3 rings (SSSR count). The van der Waals surface area contributed by atoms with Crippen LogP contribution in [0.2, 0.25) is 0 Å². The summed E-state index contributed by atoms with van der Waals surface area (Å²) in [5.41, 5.74) is 1.89. The molecule has 4 amide bonds. The van der Waals surface area contributed by atoms with Gasteiger partial charge < -0.3 is 15.3 Å². The van der Waals surface area contributed by atoms with Gasteiger partial charge in [-0.1, -0.05) is 35.4 Å². The van der Waals surface area contributed by atoms with E-state index in [-0.39, 0.29) is 13.0 Å². The fourth-order valence-electron chi connectivity index (χ4n) is 3.82. The molecular weight excluding hydrogens is 412 g/mol. The Bertz CT molecular complexity index is 1000. The van der Waals surface area contributed by atoms with Crippen molar-refractivity contribution in [2.75, 3.05) is 16.8 Å². The zero-order chi connectivity index (χ0) is 23.6. The number of hydrogen-bond donors (Lipinski definition) is 3. The van der Waals surface area contributed by atoms with E-state index < -0.39 is 29.7 Å². The van der Waals surface area contributed by atoms with Crippen LogP contribution in [0.5, 0.6) is 0 Å². The van der Waals surface area contributed by atoms with E-state index in [0.29, 0.717) is 16.4 Å². The molecule has 0 bridgehead atoms. The van der Waals surface area contributed by atoms with Crippen LogP contribution in [-0.2, 0) is 4.79 Å². The van der Waals surface area contributed by atoms with Gasteiger partial charge in [-0.15, -0.1) is 0 Å². The molecule has 32 heavy (non-hydrogen) atoms. The average Bonchev–Trinajstić information content (AvgIpc) is 2.93. The highest BCUT2D eigenvalue weighted by Crippen LogP contribution is 2.38. The first kappa shape index (κ1) is 23.1. The van der Waals surface area contributed by atoms with Crippen molar-refractivity contribution >= 4 is 29.4 Å². The van der Waals surface area contributed by atoms with Crippen molar-refractivity contribution in [1.82, 2.24) is 9.96 Å². The Kier molecular flexibility index (Phi) is 6.40. The zero-order valence-corrected chi connectivity index (χ0v) is 18.6. The lowest BCUT2D eigenvalue weighted by atomic mass is 9.99. The van der Waals surface area contributed by atoms with Gasteiger partial charge in [0.25, 0.3) is 0 Å². The largest absolute Gasteiger partial charge is 0.481 e. The summed E-state index contributed by atoms with van der Waals surface area (Å²) < 4.78 is 0. The molecule has 0 spiro atoms. The molecule has 9 heteroatoms. The van der Waals surface area contributed by atoms with Crippen molar-refractivity contribution in [3.05, 3.63) is 59.7 Å². The summed E-state index contributed by atoms with van der Waals surface area (Å²) in [5.74, 6) is -1.04. The van der Waals surface area contributed by atoms with E-state index in [2.05, 4.69) is 5.32 Å². The van der Waals surface area contributed by atoms with E-state index in [1.54, 1.807) is 38.1 Å². The molecule has 9 nitrogen and oxygen atoms in total. The van der Waals surface area contributed by atoms with Gasteiger partial charge in [0.15, 0.2) is 6.17 Å². The minimum Gasteiger partial charge on any atom is -0.481 e. The summed E-state index contributed by atoms with van der Waals surface area (Å²) >= 11 is 0. The monoisotopic (exact) mass is 440 g/mol. The summed E-state index contributed by atoms with van der Waals surface area (Å²) in [6, 6.07) is 12.9. The number of hydroxylamine groups is 2. The second-order valence-electron chi connectivity index (χ2n) is 8.45. The Balaban J connectivity index is 1.96. The fourth-order valence-corrected chi connectivity index (χ4v) is 3.82. The smallest absolute Gasteiger partial charge is 0.347 e. The van der Waals surface area contributed by atoms with Crippen LogP contribution in [0, 0.1) is 13.8 Å². The maximum Gasteiger partial charge on any atom is 0.347 e. The van der Waals surface area contributed by atoms with Gasteiger partial charge in [0.1, 0.15) is 0 Å². The van der Waals surface area contributed by atoms with Crippen LogP contribution in [0.1, 0.15) is 31.4 Å². The lowest BCUT2D eigenvalue weighted by Gasteiger charge is -2.38. The van der Waals surface area contributed by atoms with Crippen LogP contribution < -0.4 is 10.2 Å². The van der Waals surface area contributed by atoms with E-state index in [1.807, 2.05) is 38.1 Å². The second kappa shape index (κ2) is 8.88. The third-order valence-electron chi connectivity index (χ3n) is 5.61. The van der Waals surface area contributed by atoms with Gasteiger partial charge >= 0.3 is 18.0 Å². The molecule has 2 aromatic carbocycles. The molecule has 1 heterocycles. The van der Waals surface area contributed by atoms with Crippen LogP contribution >= 0.6 is 0 Å². The molecule has 1 atom stereocenters. The maximum atomic E-state index is 13.3. The summed E-state index contributed by atoms with van der Waals surface area (Å²) in [7, 11) is 0. The van der Waals surface area contributed by atoms with E-state index >= 15 is 0 Å². The summed E-state index contributed by atoms with van der Waals surface area (Å²) in [6.45, 7) is 7.14. The zero-order valence-electron chi connectivity index (χ0n) is 18.6. The first-order valence-electron chi connectivity index (χ1n) is 10.3. The lowest BCUT2D eigenvalue weighted by Crippen LogP contribution is -2.58. The van der Waals surface area contributed by atoms with Crippen LogP contribution in [0.25, 0.3) is 0 Å². The molecule has 3 N–H and O–H groups in total. The molecule has 1 aliphatic rings. The van der Waals surface area contributed by atoms with Gasteiger partial charge in [-0.2, -0.15) is 5.06 Å². The Morgan fingerprint density at radius 2 is 1.56 bits per heavy atom. The Morgan fingerprint density at radius 3 is 2.09 bits per heavy atom. The number of hydrogen-bond acceptors (Lipinski definition) is 4. The molecule has 1 unspecified atom stereocenters. The van der Waals surface area contributed by atoms with Crippen LogP contribution in [0.3, 0.4) is 0 Å². The normalized spacial score (nSPS) is 17.4. The van der Waals surface area contributed by atoms with Crippen molar-refractivity contribution < 1.29 is 24.7 Å². The Morgan fingerprint density at radius 1 is 1.03 bits per heavy atom. The maximum absolute atomic E-state index is 13.3. The Labute approximate surface area is 186 Å². The molecule has 1 fully saturated rings. The number of anilines is 2. The van der Waals surface area contributed by atoms with Gasteiger partial charge in [0.2, 0.25) is 0 Å². The van der Waals surface area contributed by atoms with Crippen molar-refractivity contribution in [2.24, 2.45) is 0 Å². The minimum absolute atomic E-state index is 0.0621. The summed E-state index contributed by atoms with van der Waals surface area (Å²) in [5, 5.41) is 23.2. The van der Waals surface area contributed by atoms with Gasteiger partial charge in [-0.25, -0.2) is 9.59 Å². The molecule has 0 saturated carbocycles. The van der Waals surface area contributed by atoms with Crippen molar-refractivity contribution in [1.29, 1.82) is 0 Å². The molecular formula is C23H28N4O5. The highest BCUT2D eigenvalue weighted by atomic mass is 16.5. The molecule has 0 aromatic heterocycles. The van der Waals surface area contributed by atoms with Crippen LogP contribution in [0.15, 0.2) is 48.5 Å². The lowest BCUT2D eigenvalue weighted by molar-refractivity contribution is -0.137. The average molecular weight is 441 g/mol. The minimum atomic E-state index is -1.10. The highest BCUT2D eigenvalue weighted by Gasteiger charge is 2.56. The van der Waals surface area contributed by atoms with Crippen LogP contribution in [0.4, 0.5) is 21.0 Å².